The highest BCUT2D eigenvalue weighted by Gasteiger charge is 2.39. The van der Waals surface area contributed by atoms with Crippen molar-refractivity contribution in [3.05, 3.63) is 87.2 Å². The summed E-state index contributed by atoms with van der Waals surface area (Å²) in [5.74, 6) is -1.43. The van der Waals surface area contributed by atoms with Gasteiger partial charge in [-0.3, -0.25) is 19.4 Å². The van der Waals surface area contributed by atoms with Crippen LogP contribution in [0.4, 0.5) is 11.4 Å². The number of amides is 3. The van der Waals surface area contributed by atoms with Gasteiger partial charge in [0.05, 0.1) is 26.9 Å². The number of pyridine rings is 1. The summed E-state index contributed by atoms with van der Waals surface area (Å²) < 4.78 is 0. The maximum absolute atomic E-state index is 12.9. The molecule has 2 heterocycles. The predicted octanol–water partition coefficient (Wildman–Crippen LogP) is 4.75. The lowest BCUT2D eigenvalue weighted by Crippen LogP contribution is -2.30. The van der Waals surface area contributed by atoms with E-state index in [4.69, 9.17) is 23.2 Å². The van der Waals surface area contributed by atoms with Crippen LogP contribution < -0.4 is 10.2 Å². The average molecular weight is 426 g/mol. The van der Waals surface area contributed by atoms with Gasteiger partial charge in [0.1, 0.15) is 5.69 Å². The van der Waals surface area contributed by atoms with E-state index in [0.29, 0.717) is 22.4 Å². The Morgan fingerprint density at radius 3 is 2.34 bits per heavy atom. The summed E-state index contributed by atoms with van der Waals surface area (Å²) in [4.78, 5) is 42.9. The highest BCUT2D eigenvalue weighted by molar-refractivity contribution is 6.45. The molecular weight excluding hydrogens is 413 g/mol. The third kappa shape index (κ3) is 3.26. The van der Waals surface area contributed by atoms with Gasteiger partial charge in [0.25, 0.3) is 17.7 Å². The predicted molar refractivity (Wildman–Crippen MR) is 111 cm³/mol. The van der Waals surface area contributed by atoms with Crippen molar-refractivity contribution in [3.8, 4) is 0 Å². The minimum Gasteiger partial charge on any atom is -0.321 e. The highest BCUT2D eigenvalue weighted by Crippen LogP contribution is 2.41. The molecule has 1 aliphatic rings. The third-order valence-corrected chi connectivity index (χ3v) is 5.10. The summed E-state index contributed by atoms with van der Waals surface area (Å²) in [6, 6.07) is 12.9. The number of hydrogen-bond donors (Lipinski definition) is 1. The molecule has 6 nitrogen and oxygen atoms in total. The van der Waals surface area contributed by atoms with E-state index in [1.807, 2.05) is 0 Å². The van der Waals surface area contributed by atoms with Crippen LogP contribution in [0.15, 0.2) is 54.7 Å². The topological polar surface area (TPSA) is 79.4 Å². The second-order valence-corrected chi connectivity index (χ2v) is 7.22. The first-order valence-corrected chi connectivity index (χ1v) is 9.34. The first-order chi connectivity index (χ1) is 13.9. The second kappa shape index (κ2) is 7.31. The number of nitrogens with zero attached hydrogens (tertiary/aromatic N) is 2. The van der Waals surface area contributed by atoms with E-state index in [-0.39, 0.29) is 21.4 Å². The standard InChI is InChI=1S/C21H13Cl2N3O3/c1-11-5-4-6-13-17(11)21(29)26(20(13)28)18-14(22)9-12(10-15(18)23)25-19(27)16-7-2-3-8-24-16/h2-10H,1H3,(H,25,27). The number of carbonyl (C=O) groups is 3. The van der Waals surface area contributed by atoms with Crippen molar-refractivity contribution in [2.45, 2.75) is 6.92 Å². The number of fused-ring (bicyclic) bond motifs is 1. The molecule has 0 bridgehead atoms. The van der Waals surface area contributed by atoms with E-state index in [1.54, 1.807) is 43.3 Å². The minimum absolute atomic E-state index is 0.0565. The summed E-state index contributed by atoms with van der Waals surface area (Å²) in [7, 11) is 0. The Labute approximate surface area is 176 Å². The van der Waals surface area contributed by atoms with E-state index in [2.05, 4.69) is 10.3 Å². The Morgan fingerprint density at radius 2 is 1.72 bits per heavy atom. The molecule has 0 saturated heterocycles. The maximum atomic E-state index is 12.9. The van der Waals surface area contributed by atoms with Gasteiger partial charge in [-0.25, -0.2) is 4.90 Å². The molecule has 0 unspecified atom stereocenters. The summed E-state index contributed by atoms with van der Waals surface area (Å²) in [5, 5.41) is 2.76. The van der Waals surface area contributed by atoms with Gasteiger partial charge < -0.3 is 5.32 Å². The quantitative estimate of drug-likeness (QED) is 0.613. The number of halogens is 2. The van der Waals surface area contributed by atoms with Crippen molar-refractivity contribution < 1.29 is 14.4 Å². The van der Waals surface area contributed by atoms with E-state index in [9.17, 15) is 14.4 Å². The number of benzene rings is 2. The number of aryl methyl sites for hydroxylation is 1. The van der Waals surface area contributed by atoms with Crippen LogP contribution in [0.3, 0.4) is 0 Å². The number of rotatable bonds is 3. The van der Waals surface area contributed by atoms with Crippen molar-refractivity contribution in [1.82, 2.24) is 4.98 Å². The van der Waals surface area contributed by atoms with Crippen LogP contribution in [0.2, 0.25) is 10.0 Å². The fourth-order valence-electron chi connectivity index (χ4n) is 3.20. The lowest BCUT2D eigenvalue weighted by molar-refractivity contribution is 0.0924. The minimum atomic E-state index is -0.497. The molecule has 2 aromatic carbocycles. The third-order valence-electron chi connectivity index (χ3n) is 4.52. The maximum Gasteiger partial charge on any atom is 0.274 e. The van der Waals surface area contributed by atoms with Crippen LogP contribution in [0.1, 0.15) is 36.8 Å². The molecule has 0 aliphatic carbocycles. The molecule has 8 heteroatoms. The van der Waals surface area contributed by atoms with E-state index < -0.39 is 17.7 Å². The smallest absolute Gasteiger partial charge is 0.274 e. The fraction of sp³-hybridized carbons (Fsp3) is 0.0476. The second-order valence-electron chi connectivity index (χ2n) is 6.40. The molecule has 0 atom stereocenters. The van der Waals surface area contributed by atoms with Crippen molar-refractivity contribution in [2.75, 3.05) is 10.2 Å². The Hall–Kier alpha value is -3.22. The molecule has 0 spiro atoms. The van der Waals surface area contributed by atoms with Crippen LogP contribution in [0.25, 0.3) is 0 Å². The molecule has 1 aliphatic heterocycles. The van der Waals surface area contributed by atoms with Gasteiger partial charge in [-0.1, -0.05) is 41.4 Å². The van der Waals surface area contributed by atoms with Crippen molar-refractivity contribution in [2.24, 2.45) is 0 Å². The Morgan fingerprint density at radius 1 is 1.00 bits per heavy atom. The van der Waals surface area contributed by atoms with E-state index in [1.165, 1.54) is 18.3 Å². The largest absolute Gasteiger partial charge is 0.321 e. The number of carbonyl (C=O) groups excluding carboxylic acids is 3. The van der Waals surface area contributed by atoms with Gasteiger partial charge >= 0.3 is 0 Å². The normalized spacial score (nSPS) is 12.9. The van der Waals surface area contributed by atoms with Gasteiger partial charge in [-0.05, 0) is 42.8 Å². The van der Waals surface area contributed by atoms with Crippen molar-refractivity contribution in [3.63, 3.8) is 0 Å². The van der Waals surface area contributed by atoms with Crippen molar-refractivity contribution >= 4 is 52.3 Å². The van der Waals surface area contributed by atoms with Crippen molar-refractivity contribution in [1.29, 1.82) is 0 Å². The summed E-state index contributed by atoms with van der Waals surface area (Å²) in [5.41, 5.74) is 1.93. The Balaban J connectivity index is 1.69. The molecule has 3 amide bonds. The fourth-order valence-corrected chi connectivity index (χ4v) is 3.86. The SMILES string of the molecule is Cc1cccc2c1C(=O)N(c1c(Cl)cc(NC(=O)c3ccccn3)cc1Cl)C2=O. The van der Waals surface area contributed by atoms with E-state index in [0.717, 1.165) is 4.90 Å². The molecule has 0 radical (unpaired) electrons. The average Bonchev–Trinajstić information content (AvgIpc) is 2.94. The molecule has 3 aromatic rings. The number of aromatic nitrogens is 1. The van der Waals surface area contributed by atoms with Crippen LogP contribution in [0.5, 0.6) is 0 Å². The molecule has 144 valence electrons. The number of hydrogen-bond acceptors (Lipinski definition) is 4. The lowest BCUT2D eigenvalue weighted by atomic mass is 10.0. The Bertz CT molecular complexity index is 1160. The zero-order valence-corrected chi connectivity index (χ0v) is 16.6. The summed E-state index contributed by atoms with van der Waals surface area (Å²) >= 11 is 12.7. The molecule has 29 heavy (non-hydrogen) atoms. The molecule has 1 N–H and O–H groups in total. The molecule has 4 rings (SSSR count). The van der Waals surface area contributed by atoms with Gasteiger partial charge in [0.2, 0.25) is 0 Å². The molecule has 0 fully saturated rings. The zero-order chi connectivity index (χ0) is 20.7. The van der Waals surface area contributed by atoms with Crippen LogP contribution in [0, 0.1) is 6.92 Å². The van der Waals surface area contributed by atoms with Gasteiger partial charge in [0.15, 0.2) is 0 Å². The highest BCUT2D eigenvalue weighted by atomic mass is 35.5. The molecule has 1 aromatic heterocycles. The van der Waals surface area contributed by atoms with E-state index >= 15 is 0 Å². The lowest BCUT2D eigenvalue weighted by Gasteiger charge is -2.18. The molecule has 0 saturated carbocycles. The van der Waals surface area contributed by atoms with Gasteiger partial charge in [0, 0.05) is 11.9 Å². The van der Waals surface area contributed by atoms with Crippen LogP contribution in [-0.2, 0) is 0 Å². The molecular formula is C21H13Cl2N3O3. The first-order valence-electron chi connectivity index (χ1n) is 8.58. The van der Waals surface area contributed by atoms with Crippen LogP contribution >= 0.6 is 23.2 Å². The van der Waals surface area contributed by atoms with Gasteiger partial charge in [-0.15, -0.1) is 0 Å². The summed E-state index contributed by atoms with van der Waals surface area (Å²) in [6.07, 6.45) is 1.50. The first kappa shape index (κ1) is 19.1. The number of nitrogens with one attached hydrogen (secondary N) is 1. The van der Waals surface area contributed by atoms with Gasteiger partial charge in [-0.2, -0.15) is 0 Å². The Kier molecular flexibility index (Phi) is 4.82. The monoisotopic (exact) mass is 425 g/mol. The summed E-state index contributed by atoms with van der Waals surface area (Å²) in [6.45, 7) is 1.76. The number of imide groups is 1. The zero-order valence-electron chi connectivity index (χ0n) is 15.1. The number of anilines is 2. The van der Waals surface area contributed by atoms with Crippen LogP contribution in [-0.4, -0.2) is 22.7 Å².